The number of likely N-dealkylation sites (tertiary alicyclic amines) is 1. The van der Waals surface area contributed by atoms with Gasteiger partial charge in [-0.3, -0.25) is 4.79 Å². The third-order valence-corrected chi connectivity index (χ3v) is 6.54. The summed E-state index contributed by atoms with van der Waals surface area (Å²) in [6.07, 6.45) is 2.54. The third kappa shape index (κ3) is 3.00. The SMILES string of the molecule is CCC1CC2(CCC(F)(F)CC2)CN1C(=O)c1cc2cccc(Cl)c2[nH]1. The molecular weight excluding hydrogens is 358 g/mol. The molecule has 1 saturated carbocycles. The lowest BCUT2D eigenvalue weighted by molar-refractivity contribution is -0.0645. The van der Waals surface area contributed by atoms with Gasteiger partial charge in [0.05, 0.1) is 10.5 Å². The van der Waals surface area contributed by atoms with Crippen LogP contribution in [0.2, 0.25) is 5.02 Å². The molecule has 6 heteroatoms. The van der Waals surface area contributed by atoms with Crippen LogP contribution in [0.25, 0.3) is 10.9 Å². The molecule has 1 aromatic heterocycles. The van der Waals surface area contributed by atoms with E-state index in [1.165, 1.54) is 0 Å². The molecule has 2 fully saturated rings. The van der Waals surface area contributed by atoms with E-state index in [-0.39, 0.29) is 30.2 Å². The van der Waals surface area contributed by atoms with Crippen LogP contribution < -0.4 is 0 Å². The first-order valence-corrected chi connectivity index (χ1v) is 9.66. The number of halogens is 3. The zero-order chi connectivity index (χ0) is 18.5. The number of nitrogens with one attached hydrogen (secondary N) is 1. The van der Waals surface area contributed by atoms with Crippen LogP contribution in [-0.2, 0) is 0 Å². The van der Waals surface area contributed by atoms with Crippen LogP contribution in [-0.4, -0.2) is 34.3 Å². The van der Waals surface area contributed by atoms with Gasteiger partial charge in [0.15, 0.2) is 0 Å². The molecule has 4 rings (SSSR count). The first kappa shape index (κ1) is 17.8. The number of H-pyrrole nitrogens is 1. The molecule has 2 aliphatic rings. The molecule has 1 aromatic carbocycles. The van der Waals surface area contributed by atoms with Gasteiger partial charge in [-0.2, -0.15) is 0 Å². The van der Waals surface area contributed by atoms with Gasteiger partial charge in [-0.25, -0.2) is 8.78 Å². The number of para-hydroxylation sites is 1. The Morgan fingerprint density at radius 3 is 2.69 bits per heavy atom. The second kappa shape index (κ2) is 6.22. The summed E-state index contributed by atoms with van der Waals surface area (Å²) in [4.78, 5) is 18.2. The van der Waals surface area contributed by atoms with Gasteiger partial charge in [-0.1, -0.05) is 30.7 Å². The number of carbonyl (C=O) groups is 1. The first-order chi connectivity index (χ1) is 12.3. The van der Waals surface area contributed by atoms with Crippen LogP contribution in [0, 0.1) is 5.41 Å². The smallest absolute Gasteiger partial charge is 0.270 e. The number of fused-ring (bicyclic) bond motifs is 1. The monoisotopic (exact) mass is 380 g/mol. The molecule has 2 aromatic rings. The van der Waals surface area contributed by atoms with Gasteiger partial charge in [-0.05, 0) is 43.2 Å². The average Bonchev–Trinajstić information content (AvgIpc) is 3.20. The lowest BCUT2D eigenvalue weighted by Crippen LogP contribution is -2.38. The van der Waals surface area contributed by atoms with Gasteiger partial charge in [0.1, 0.15) is 5.69 Å². The molecule has 26 heavy (non-hydrogen) atoms. The van der Waals surface area contributed by atoms with Crippen molar-refractivity contribution < 1.29 is 13.6 Å². The van der Waals surface area contributed by atoms with E-state index in [0.29, 0.717) is 30.1 Å². The molecule has 2 heterocycles. The normalized spacial score (nSPS) is 24.5. The lowest BCUT2D eigenvalue weighted by atomic mass is 9.71. The maximum Gasteiger partial charge on any atom is 0.270 e. The van der Waals surface area contributed by atoms with Crippen LogP contribution in [0.4, 0.5) is 8.78 Å². The number of hydrogen-bond donors (Lipinski definition) is 1. The molecule has 0 radical (unpaired) electrons. The summed E-state index contributed by atoms with van der Waals surface area (Å²) >= 11 is 6.21. The zero-order valence-electron chi connectivity index (χ0n) is 14.8. The number of amides is 1. The number of alkyl halides is 2. The summed E-state index contributed by atoms with van der Waals surface area (Å²) in [7, 11) is 0. The minimum absolute atomic E-state index is 0.0571. The van der Waals surface area contributed by atoms with E-state index in [1.807, 2.05) is 23.1 Å². The summed E-state index contributed by atoms with van der Waals surface area (Å²) < 4.78 is 27.2. The Balaban J connectivity index is 1.59. The van der Waals surface area contributed by atoms with Crippen molar-refractivity contribution in [2.45, 2.75) is 57.4 Å². The first-order valence-electron chi connectivity index (χ1n) is 9.29. The predicted octanol–water partition coefficient (Wildman–Crippen LogP) is 5.64. The van der Waals surface area contributed by atoms with E-state index in [4.69, 9.17) is 11.6 Å². The van der Waals surface area contributed by atoms with E-state index in [1.54, 1.807) is 6.07 Å². The number of aromatic amines is 1. The quantitative estimate of drug-likeness (QED) is 0.718. The Kier molecular flexibility index (Phi) is 4.25. The third-order valence-electron chi connectivity index (χ3n) is 6.23. The highest BCUT2D eigenvalue weighted by atomic mass is 35.5. The van der Waals surface area contributed by atoms with Crippen LogP contribution in [0.5, 0.6) is 0 Å². The highest BCUT2D eigenvalue weighted by Crippen LogP contribution is 2.51. The van der Waals surface area contributed by atoms with Gasteiger partial charge < -0.3 is 9.88 Å². The van der Waals surface area contributed by atoms with E-state index in [2.05, 4.69) is 11.9 Å². The summed E-state index contributed by atoms with van der Waals surface area (Å²) in [5.41, 5.74) is 1.13. The summed E-state index contributed by atoms with van der Waals surface area (Å²) in [6, 6.07) is 7.50. The molecule has 1 atom stereocenters. The van der Waals surface area contributed by atoms with Gasteiger partial charge in [-0.15, -0.1) is 0 Å². The van der Waals surface area contributed by atoms with Crippen molar-refractivity contribution in [3.63, 3.8) is 0 Å². The highest BCUT2D eigenvalue weighted by Gasteiger charge is 2.50. The van der Waals surface area contributed by atoms with Crippen molar-refractivity contribution in [3.8, 4) is 0 Å². The fourth-order valence-corrected chi connectivity index (χ4v) is 4.89. The predicted molar refractivity (Wildman–Crippen MR) is 98.9 cm³/mol. The molecule has 140 valence electrons. The second-order valence-electron chi connectivity index (χ2n) is 7.94. The zero-order valence-corrected chi connectivity index (χ0v) is 15.6. The number of benzene rings is 1. The van der Waals surface area contributed by atoms with E-state index >= 15 is 0 Å². The Morgan fingerprint density at radius 1 is 1.31 bits per heavy atom. The number of rotatable bonds is 2. The van der Waals surface area contributed by atoms with Crippen LogP contribution in [0.1, 0.15) is 55.9 Å². The molecule has 1 spiro atoms. The van der Waals surface area contributed by atoms with Crippen molar-refractivity contribution in [1.82, 2.24) is 9.88 Å². The largest absolute Gasteiger partial charge is 0.349 e. The molecule has 1 unspecified atom stereocenters. The molecule has 0 bridgehead atoms. The number of hydrogen-bond acceptors (Lipinski definition) is 1. The molecule has 1 aliphatic carbocycles. The molecule has 3 nitrogen and oxygen atoms in total. The maximum absolute atomic E-state index is 13.6. The summed E-state index contributed by atoms with van der Waals surface area (Å²) in [6.45, 7) is 2.63. The summed E-state index contributed by atoms with van der Waals surface area (Å²) in [5, 5.41) is 1.49. The Hall–Kier alpha value is -1.62. The van der Waals surface area contributed by atoms with Gasteiger partial charge >= 0.3 is 0 Å². The standard InChI is InChI=1S/C20H23ClF2N2O/c1-2-14-11-19(6-8-20(22,23)9-7-19)12-25(14)18(26)16-10-13-4-3-5-15(21)17(13)24-16/h3-5,10,14,24H,2,6-9,11-12H2,1H3. The second-order valence-corrected chi connectivity index (χ2v) is 8.35. The van der Waals surface area contributed by atoms with Gasteiger partial charge in [0.25, 0.3) is 5.91 Å². The Labute approximate surface area is 156 Å². The molecular formula is C20H23ClF2N2O. The fraction of sp³-hybridized carbons (Fsp3) is 0.550. The van der Waals surface area contributed by atoms with Crippen molar-refractivity contribution in [2.75, 3.05) is 6.54 Å². The fourth-order valence-electron chi connectivity index (χ4n) is 4.66. The van der Waals surface area contributed by atoms with Crippen molar-refractivity contribution in [2.24, 2.45) is 5.41 Å². The number of nitrogens with zero attached hydrogens (tertiary/aromatic N) is 1. The van der Waals surface area contributed by atoms with Crippen molar-refractivity contribution in [1.29, 1.82) is 0 Å². The van der Waals surface area contributed by atoms with Crippen LogP contribution in [0.15, 0.2) is 24.3 Å². The van der Waals surface area contributed by atoms with E-state index < -0.39 is 5.92 Å². The Morgan fingerprint density at radius 2 is 2.04 bits per heavy atom. The number of carbonyl (C=O) groups excluding carboxylic acids is 1. The highest BCUT2D eigenvalue weighted by molar-refractivity contribution is 6.35. The maximum atomic E-state index is 13.6. The van der Waals surface area contributed by atoms with Crippen molar-refractivity contribution in [3.05, 3.63) is 35.0 Å². The van der Waals surface area contributed by atoms with Crippen LogP contribution in [0.3, 0.4) is 0 Å². The number of aromatic nitrogens is 1. The van der Waals surface area contributed by atoms with Crippen LogP contribution >= 0.6 is 11.6 Å². The van der Waals surface area contributed by atoms with E-state index in [0.717, 1.165) is 23.7 Å². The van der Waals surface area contributed by atoms with E-state index in [9.17, 15) is 13.6 Å². The average molecular weight is 381 g/mol. The Bertz CT molecular complexity index is 837. The molecule has 1 N–H and O–H groups in total. The van der Waals surface area contributed by atoms with Crippen molar-refractivity contribution >= 4 is 28.4 Å². The summed E-state index contributed by atoms with van der Waals surface area (Å²) in [5.74, 6) is -2.60. The molecule has 1 aliphatic heterocycles. The van der Waals surface area contributed by atoms with Gasteiger partial charge in [0.2, 0.25) is 5.92 Å². The molecule has 1 saturated heterocycles. The molecule has 1 amide bonds. The van der Waals surface area contributed by atoms with Gasteiger partial charge in [0, 0.05) is 30.8 Å². The minimum atomic E-state index is -2.54. The minimum Gasteiger partial charge on any atom is -0.349 e. The lowest BCUT2D eigenvalue weighted by Gasteiger charge is -2.36. The topological polar surface area (TPSA) is 36.1 Å².